The molecule has 0 radical (unpaired) electrons. The van der Waals surface area contributed by atoms with Crippen molar-refractivity contribution in [3.63, 3.8) is 0 Å². The fourth-order valence-electron chi connectivity index (χ4n) is 2.48. The minimum atomic E-state index is -0.305. The number of anilines is 2. The fourth-order valence-corrected chi connectivity index (χ4v) is 2.48. The van der Waals surface area contributed by atoms with Crippen LogP contribution in [0.5, 0.6) is 0 Å². The van der Waals surface area contributed by atoms with Gasteiger partial charge in [0.2, 0.25) is 0 Å². The number of carbonyl (C=O) groups is 1. The number of benzene rings is 2. The molecular weight excluding hydrogens is 331 g/mol. The van der Waals surface area contributed by atoms with Crippen molar-refractivity contribution in [3.05, 3.63) is 84.1 Å². The number of nitrogens with one attached hydrogen (secondary N) is 1. The lowest BCUT2D eigenvalue weighted by Gasteiger charge is -2.20. The molecule has 0 saturated heterocycles. The van der Waals surface area contributed by atoms with E-state index < -0.39 is 0 Å². The van der Waals surface area contributed by atoms with Crippen molar-refractivity contribution in [2.24, 2.45) is 0 Å². The third kappa shape index (κ3) is 4.42. The van der Waals surface area contributed by atoms with E-state index in [0.29, 0.717) is 24.6 Å². The van der Waals surface area contributed by atoms with Gasteiger partial charge in [0, 0.05) is 18.8 Å². The summed E-state index contributed by atoms with van der Waals surface area (Å²) in [6.07, 6.45) is 2.94. The van der Waals surface area contributed by atoms with Crippen molar-refractivity contribution in [2.75, 3.05) is 11.9 Å². The predicted octanol–water partition coefficient (Wildman–Crippen LogP) is 4.02. The van der Waals surface area contributed by atoms with Crippen LogP contribution in [0.2, 0.25) is 0 Å². The monoisotopic (exact) mass is 350 g/mol. The number of rotatable bonds is 6. The fraction of sp³-hybridized carbons (Fsp3) is 0.150. The molecule has 0 saturated carbocycles. The summed E-state index contributed by atoms with van der Waals surface area (Å²) in [5, 5.41) is 3.02. The first-order valence-electron chi connectivity index (χ1n) is 8.33. The van der Waals surface area contributed by atoms with Crippen LogP contribution in [0.1, 0.15) is 23.0 Å². The molecule has 1 N–H and O–H groups in total. The van der Waals surface area contributed by atoms with E-state index in [1.165, 1.54) is 24.5 Å². The minimum absolute atomic E-state index is 0.169. The Kier molecular flexibility index (Phi) is 5.53. The zero-order chi connectivity index (χ0) is 18.4. The van der Waals surface area contributed by atoms with Gasteiger partial charge in [-0.25, -0.2) is 14.4 Å². The Morgan fingerprint density at radius 3 is 2.38 bits per heavy atom. The lowest BCUT2D eigenvalue weighted by atomic mass is 10.2. The van der Waals surface area contributed by atoms with Gasteiger partial charge in [-0.1, -0.05) is 30.3 Å². The Bertz CT molecular complexity index is 851. The summed E-state index contributed by atoms with van der Waals surface area (Å²) >= 11 is 0. The minimum Gasteiger partial charge on any atom is -0.339 e. The first-order valence-corrected chi connectivity index (χ1v) is 8.33. The van der Waals surface area contributed by atoms with Gasteiger partial charge in [-0.15, -0.1) is 0 Å². The molecule has 3 rings (SSSR count). The van der Waals surface area contributed by atoms with E-state index in [1.54, 1.807) is 17.0 Å². The van der Waals surface area contributed by atoms with Crippen LogP contribution in [0.4, 0.5) is 15.9 Å². The van der Waals surface area contributed by atoms with Crippen LogP contribution >= 0.6 is 0 Å². The van der Waals surface area contributed by atoms with E-state index in [4.69, 9.17) is 0 Å². The quantitative estimate of drug-likeness (QED) is 0.729. The Labute approximate surface area is 151 Å². The first kappa shape index (κ1) is 17.5. The first-order chi connectivity index (χ1) is 12.7. The molecule has 3 aromatic rings. The van der Waals surface area contributed by atoms with Gasteiger partial charge in [-0.05, 0) is 36.8 Å². The molecule has 0 fully saturated rings. The van der Waals surface area contributed by atoms with Crippen molar-refractivity contribution in [2.45, 2.75) is 13.5 Å². The summed E-state index contributed by atoms with van der Waals surface area (Å²) in [5.74, 6) is 0.0112. The average Bonchev–Trinajstić information content (AvgIpc) is 2.69. The third-order valence-corrected chi connectivity index (χ3v) is 3.87. The van der Waals surface area contributed by atoms with Gasteiger partial charge in [0.25, 0.3) is 5.91 Å². The van der Waals surface area contributed by atoms with Crippen LogP contribution < -0.4 is 5.32 Å². The number of hydrogen-bond donors (Lipinski definition) is 1. The van der Waals surface area contributed by atoms with Crippen molar-refractivity contribution >= 4 is 17.4 Å². The Morgan fingerprint density at radius 2 is 1.77 bits per heavy atom. The second-order valence-electron chi connectivity index (χ2n) is 5.72. The van der Waals surface area contributed by atoms with Crippen molar-refractivity contribution in [3.8, 4) is 0 Å². The number of carbonyl (C=O) groups excluding carboxylic acids is 1. The van der Waals surface area contributed by atoms with Crippen LogP contribution in [0, 0.1) is 5.82 Å². The number of hydrogen-bond acceptors (Lipinski definition) is 4. The maximum Gasteiger partial charge on any atom is 0.274 e. The van der Waals surface area contributed by atoms with E-state index in [1.807, 2.05) is 37.3 Å². The van der Waals surface area contributed by atoms with E-state index in [2.05, 4.69) is 15.3 Å². The van der Waals surface area contributed by atoms with E-state index >= 15 is 0 Å². The van der Waals surface area contributed by atoms with Gasteiger partial charge >= 0.3 is 0 Å². The molecule has 2 aromatic carbocycles. The maximum absolute atomic E-state index is 12.9. The normalized spacial score (nSPS) is 10.4. The molecule has 1 amide bonds. The lowest BCUT2D eigenvalue weighted by Crippen LogP contribution is -2.31. The second-order valence-corrected chi connectivity index (χ2v) is 5.72. The summed E-state index contributed by atoms with van der Waals surface area (Å²) in [6, 6.07) is 15.7. The van der Waals surface area contributed by atoms with Gasteiger partial charge in [-0.2, -0.15) is 0 Å². The zero-order valence-corrected chi connectivity index (χ0v) is 14.4. The molecule has 26 heavy (non-hydrogen) atoms. The van der Waals surface area contributed by atoms with Crippen molar-refractivity contribution < 1.29 is 9.18 Å². The number of nitrogens with zero attached hydrogens (tertiary/aromatic N) is 3. The molecule has 132 valence electrons. The average molecular weight is 350 g/mol. The maximum atomic E-state index is 12.9. The molecule has 0 bridgehead atoms. The highest BCUT2D eigenvalue weighted by atomic mass is 19.1. The molecule has 1 aromatic heterocycles. The van der Waals surface area contributed by atoms with E-state index in [-0.39, 0.29) is 17.4 Å². The molecule has 0 unspecified atom stereocenters. The lowest BCUT2D eigenvalue weighted by molar-refractivity contribution is 0.0746. The van der Waals surface area contributed by atoms with Gasteiger partial charge < -0.3 is 10.2 Å². The van der Waals surface area contributed by atoms with Crippen LogP contribution in [0.3, 0.4) is 0 Å². The van der Waals surface area contributed by atoms with Crippen LogP contribution in [0.15, 0.2) is 67.0 Å². The van der Waals surface area contributed by atoms with Crippen molar-refractivity contribution in [1.82, 2.24) is 14.9 Å². The summed E-state index contributed by atoms with van der Waals surface area (Å²) in [5.41, 5.74) is 2.04. The highest BCUT2D eigenvalue weighted by molar-refractivity contribution is 5.92. The molecule has 0 aliphatic rings. The van der Waals surface area contributed by atoms with E-state index in [9.17, 15) is 9.18 Å². The molecule has 0 spiro atoms. The highest BCUT2D eigenvalue weighted by Gasteiger charge is 2.16. The van der Waals surface area contributed by atoms with Crippen LogP contribution in [-0.4, -0.2) is 27.3 Å². The number of amides is 1. The van der Waals surface area contributed by atoms with E-state index in [0.717, 1.165) is 5.56 Å². The topological polar surface area (TPSA) is 58.1 Å². The second kappa shape index (κ2) is 8.20. The number of halogens is 1. The van der Waals surface area contributed by atoms with Crippen LogP contribution in [-0.2, 0) is 6.54 Å². The molecule has 5 nitrogen and oxygen atoms in total. The highest BCUT2D eigenvalue weighted by Crippen LogP contribution is 2.15. The summed E-state index contributed by atoms with van der Waals surface area (Å²) in [7, 11) is 0. The standard InChI is InChI=1S/C20H19FN4O/c1-2-25(14-15-6-4-3-5-7-15)20(26)18-12-23-19(13-22-18)24-17-10-8-16(21)9-11-17/h3-13H,2,14H2,1H3,(H,23,24). The predicted molar refractivity (Wildman–Crippen MR) is 98.6 cm³/mol. The van der Waals surface area contributed by atoms with Gasteiger partial charge in [0.1, 0.15) is 17.3 Å². The summed E-state index contributed by atoms with van der Waals surface area (Å²) in [4.78, 5) is 22.8. The molecule has 0 atom stereocenters. The molecule has 6 heteroatoms. The van der Waals surface area contributed by atoms with Gasteiger partial charge in [0.05, 0.1) is 12.4 Å². The molecular formula is C20H19FN4O. The smallest absolute Gasteiger partial charge is 0.274 e. The third-order valence-electron chi connectivity index (χ3n) is 3.87. The SMILES string of the molecule is CCN(Cc1ccccc1)C(=O)c1cnc(Nc2ccc(F)cc2)cn1. The Morgan fingerprint density at radius 1 is 1.04 bits per heavy atom. The number of aromatic nitrogens is 2. The van der Waals surface area contributed by atoms with Gasteiger partial charge in [-0.3, -0.25) is 4.79 Å². The Balaban J connectivity index is 1.68. The van der Waals surface area contributed by atoms with Crippen LogP contribution in [0.25, 0.3) is 0 Å². The van der Waals surface area contributed by atoms with Crippen molar-refractivity contribution in [1.29, 1.82) is 0 Å². The molecule has 1 heterocycles. The molecule has 0 aliphatic heterocycles. The summed E-state index contributed by atoms with van der Waals surface area (Å²) in [6.45, 7) is 3.02. The zero-order valence-electron chi connectivity index (χ0n) is 14.4. The molecule has 0 aliphatic carbocycles. The largest absolute Gasteiger partial charge is 0.339 e. The Hall–Kier alpha value is -3.28. The van der Waals surface area contributed by atoms with Gasteiger partial charge in [0.15, 0.2) is 0 Å². The summed E-state index contributed by atoms with van der Waals surface area (Å²) < 4.78 is 12.9.